The van der Waals surface area contributed by atoms with E-state index in [2.05, 4.69) is 26.4 Å². The zero-order chi connectivity index (χ0) is 14.5. The number of nitrogens with zero attached hydrogens (tertiary/aromatic N) is 4. The number of benzene rings is 1. The van der Waals surface area contributed by atoms with E-state index in [1.807, 2.05) is 0 Å². The summed E-state index contributed by atoms with van der Waals surface area (Å²) in [4.78, 5) is 23.3. The number of halogens is 2. The van der Waals surface area contributed by atoms with Crippen LogP contribution in [0, 0.1) is 0 Å². The molecule has 2 aromatic rings. The van der Waals surface area contributed by atoms with Gasteiger partial charge in [-0.15, -0.1) is 5.10 Å². The molecule has 0 aliphatic carbocycles. The van der Waals surface area contributed by atoms with E-state index in [1.54, 1.807) is 0 Å². The van der Waals surface area contributed by atoms with E-state index in [0.717, 1.165) is 0 Å². The van der Waals surface area contributed by atoms with Crippen LogP contribution in [0.1, 0.15) is 10.4 Å². The first-order valence-electron chi connectivity index (χ1n) is 5.31. The number of hydrazine groups is 1. The molecule has 10 heteroatoms. The SMILES string of the molecule is O=C(Cn1cnnn1)NNC(=O)c1ccc(Cl)cc1Cl. The Hall–Kier alpha value is -2.19. The lowest BCUT2D eigenvalue weighted by Gasteiger charge is -2.08. The molecule has 0 saturated heterocycles. The highest BCUT2D eigenvalue weighted by Gasteiger charge is 2.12. The van der Waals surface area contributed by atoms with Crippen LogP contribution in [0.25, 0.3) is 0 Å². The Morgan fingerprint density at radius 1 is 1.25 bits per heavy atom. The van der Waals surface area contributed by atoms with Crippen molar-refractivity contribution in [1.82, 2.24) is 31.1 Å². The molecule has 0 atom stereocenters. The zero-order valence-corrected chi connectivity index (χ0v) is 11.4. The van der Waals surface area contributed by atoms with Gasteiger partial charge < -0.3 is 0 Å². The molecule has 1 aromatic heterocycles. The van der Waals surface area contributed by atoms with Crippen LogP contribution in [0.15, 0.2) is 24.5 Å². The maximum absolute atomic E-state index is 11.8. The van der Waals surface area contributed by atoms with Gasteiger partial charge in [-0.1, -0.05) is 23.2 Å². The normalized spacial score (nSPS) is 10.1. The first-order chi connectivity index (χ1) is 9.56. The lowest BCUT2D eigenvalue weighted by molar-refractivity contribution is -0.122. The number of tetrazole rings is 1. The van der Waals surface area contributed by atoms with Crippen molar-refractivity contribution in [3.05, 3.63) is 40.1 Å². The van der Waals surface area contributed by atoms with Crippen molar-refractivity contribution in [2.45, 2.75) is 6.54 Å². The van der Waals surface area contributed by atoms with Crippen LogP contribution in [-0.4, -0.2) is 32.0 Å². The molecule has 2 amide bonds. The molecular formula is C10H8Cl2N6O2. The molecule has 0 radical (unpaired) electrons. The Bertz CT molecular complexity index is 631. The predicted molar refractivity (Wildman–Crippen MR) is 69.9 cm³/mol. The second-order valence-electron chi connectivity index (χ2n) is 3.63. The van der Waals surface area contributed by atoms with Crippen molar-refractivity contribution in [2.75, 3.05) is 0 Å². The first-order valence-corrected chi connectivity index (χ1v) is 6.07. The molecule has 1 heterocycles. The van der Waals surface area contributed by atoms with Crippen molar-refractivity contribution in [2.24, 2.45) is 0 Å². The van der Waals surface area contributed by atoms with Gasteiger partial charge in [0.05, 0.1) is 10.6 Å². The van der Waals surface area contributed by atoms with E-state index in [1.165, 1.54) is 29.2 Å². The van der Waals surface area contributed by atoms with Gasteiger partial charge in [-0.2, -0.15) is 0 Å². The Morgan fingerprint density at radius 2 is 2.05 bits per heavy atom. The molecule has 0 aliphatic rings. The minimum absolute atomic E-state index is 0.123. The summed E-state index contributed by atoms with van der Waals surface area (Å²) in [6, 6.07) is 4.40. The number of carbonyl (C=O) groups excluding carboxylic acids is 2. The van der Waals surface area contributed by atoms with Gasteiger partial charge in [0.25, 0.3) is 11.8 Å². The molecule has 2 N–H and O–H groups in total. The fraction of sp³-hybridized carbons (Fsp3) is 0.100. The highest BCUT2D eigenvalue weighted by Crippen LogP contribution is 2.20. The van der Waals surface area contributed by atoms with Crippen LogP contribution in [-0.2, 0) is 11.3 Å². The molecule has 0 aliphatic heterocycles. The lowest BCUT2D eigenvalue weighted by atomic mass is 10.2. The second-order valence-corrected chi connectivity index (χ2v) is 4.48. The predicted octanol–water partition coefficient (Wildman–Crippen LogP) is 0.441. The third-order valence-electron chi connectivity index (χ3n) is 2.19. The number of carbonyl (C=O) groups is 2. The number of hydrogen-bond donors (Lipinski definition) is 2. The molecule has 0 unspecified atom stereocenters. The molecule has 0 bridgehead atoms. The maximum Gasteiger partial charge on any atom is 0.271 e. The average molecular weight is 315 g/mol. The Balaban J connectivity index is 1.90. The summed E-state index contributed by atoms with van der Waals surface area (Å²) in [6.45, 7) is -0.123. The molecule has 104 valence electrons. The van der Waals surface area contributed by atoms with Crippen molar-refractivity contribution < 1.29 is 9.59 Å². The van der Waals surface area contributed by atoms with Gasteiger partial charge in [-0.25, -0.2) is 4.68 Å². The molecule has 1 aromatic carbocycles. The van der Waals surface area contributed by atoms with Crippen molar-refractivity contribution >= 4 is 35.0 Å². The Labute approximate surface area is 123 Å². The summed E-state index contributed by atoms with van der Waals surface area (Å²) < 4.78 is 1.21. The second kappa shape index (κ2) is 6.31. The average Bonchev–Trinajstić information content (AvgIpc) is 2.89. The van der Waals surface area contributed by atoms with E-state index in [4.69, 9.17) is 23.2 Å². The minimum Gasteiger partial charge on any atom is -0.271 e. The number of amides is 2. The smallest absolute Gasteiger partial charge is 0.271 e. The molecule has 2 rings (SSSR count). The molecule has 0 spiro atoms. The van der Waals surface area contributed by atoms with Crippen molar-refractivity contribution in [3.8, 4) is 0 Å². The van der Waals surface area contributed by atoms with Gasteiger partial charge in [-0.05, 0) is 28.6 Å². The van der Waals surface area contributed by atoms with E-state index in [0.29, 0.717) is 5.02 Å². The first kappa shape index (κ1) is 14.2. The van der Waals surface area contributed by atoms with E-state index >= 15 is 0 Å². The molecule has 0 saturated carbocycles. The van der Waals surface area contributed by atoms with Crippen molar-refractivity contribution in [3.63, 3.8) is 0 Å². The topological polar surface area (TPSA) is 102 Å². The Morgan fingerprint density at radius 3 is 2.70 bits per heavy atom. The largest absolute Gasteiger partial charge is 0.271 e. The minimum atomic E-state index is -0.559. The highest BCUT2D eigenvalue weighted by molar-refractivity contribution is 6.36. The Kier molecular flexibility index (Phi) is 4.49. The van der Waals surface area contributed by atoms with E-state index in [9.17, 15) is 9.59 Å². The molecule has 0 fully saturated rings. The monoisotopic (exact) mass is 314 g/mol. The van der Waals surface area contributed by atoms with Gasteiger partial charge in [0.15, 0.2) is 0 Å². The highest BCUT2D eigenvalue weighted by atomic mass is 35.5. The van der Waals surface area contributed by atoms with Crippen LogP contribution in [0.4, 0.5) is 0 Å². The van der Waals surface area contributed by atoms with Gasteiger partial charge in [0, 0.05) is 5.02 Å². The van der Waals surface area contributed by atoms with Crippen LogP contribution >= 0.6 is 23.2 Å². The fourth-order valence-electron chi connectivity index (χ4n) is 1.31. The van der Waals surface area contributed by atoms with Crippen molar-refractivity contribution in [1.29, 1.82) is 0 Å². The summed E-state index contributed by atoms with van der Waals surface area (Å²) in [5.74, 6) is -1.05. The number of hydrogen-bond acceptors (Lipinski definition) is 5. The third kappa shape index (κ3) is 3.65. The van der Waals surface area contributed by atoms with Crippen LogP contribution in [0.2, 0.25) is 10.0 Å². The van der Waals surface area contributed by atoms with E-state index < -0.39 is 11.8 Å². The lowest BCUT2D eigenvalue weighted by Crippen LogP contribution is -2.43. The summed E-state index contributed by atoms with van der Waals surface area (Å²) in [5, 5.41) is 10.9. The van der Waals surface area contributed by atoms with Gasteiger partial charge in [-0.3, -0.25) is 20.4 Å². The fourth-order valence-corrected chi connectivity index (χ4v) is 1.80. The van der Waals surface area contributed by atoms with Gasteiger partial charge in [0.2, 0.25) is 0 Å². The van der Waals surface area contributed by atoms with Crippen LogP contribution < -0.4 is 10.9 Å². The third-order valence-corrected chi connectivity index (χ3v) is 2.74. The van der Waals surface area contributed by atoms with Crippen LogP contribution in [0.3, 0.4) is 0 Å². The number of rotatable bonds is 3. The maximum atomic E-state index is 11.8. The quantitative estimate of drug-likeness (QED) is 0.800. The number of aromatic nitrogens is 4. The van der Waals surface area contributed by atoms with Crippen LogP contribution in [0.5, 0.6) is 0 Å². The standard InChI is InChI=1S/C10H8Cl2N6O2/c11-6-1-2-7(8(12)3-6)10(20)15-14-9(19)4-18-5-13-16-17-18/h1-3,5H,4H2,(H,14,19)(H,15,20). The summed E-state index contributed by atoms with van der Waals surface area (Å²) >= 11 is 11.6. The number of nitrogens with one attached hydrogen (secondary N) is 2. The van der Waals surface area contributed by atoms with Gasteiger partial charge >= 0.3 is 0 Å². The van der Waals surface area contributed by atoms with Gasteiger partial charge in [0.1, 0.15) is 12.9 Å². The molecule has 20 heavy (non-hydrogen) atoms. The van der Waals surface area contributed by atoms with E-state index in [-0.39, 0.29) is 17.1 Å². The zero-order valence-electron chi connectivity index (χ0n) is 9.88. The summed E-state index contributed by atoms with van der Waals surface area (Å²) in [6.07, 6.45) is 1.28. The summed E-state index contributed by atoms with van der Waals surface area (Å²) in [7, 11) is 0. The molecular weight excluding hydrogens is 307 g/mol. The molecule has 8 nitrogen and oxygen atoms in total. The summed E-state index contributed by atoms with van der Waals surface area (Å²) in [5.41, 5.74) is 4.63.